The second-order valence-electron chi connectivity index (χ2n) is 3.52. The Morgan fingerprint density at radius 2 is 2.14 bits per heavy atom. The van der Waals surface area contributed by atoms with Crippen molar-refractivity contribution in [3.8, 4) is 0 Å². The molecule has 0 aliphatic carbocycles. The number of amides is 1. The lowest BCUT2D eigenvalue weighted by Crippen LogP contribution is -2.46. The Kier molecular flexibility index (Phi) is 4.86. The topological polar surface area (TPSA) is 44.8 Å². The maximum atomic E-state index is 11.7. The quantitative estimate of drug-likeness (QED) is 0.590. The summed E-state index contributed by atoms with van der Waals surface area (Å²) >= 11 is 0. The van der Waals surface area contributed by atoms with E-state index >= 15 is 0 Å². The molecular weight excluding hydrogens is 182 g/mol. The Bertz CT molecular complexity index is 181. The first-order valence-corrected chi connectivity index (χ1v) is 4.92. The lowest BCUT2D eigenvalue weighted by molar-refractivity contribution is -0.136. The highest BCUT2D eigenvalue weighted by atomic mass is 16.5. The van der Waals surface area contributed by atoms with Gasteiger partial charge in [-0.3, -0.25) is 9.69 Å². The minimum Gasteiger partial charge on any atom is -0.378 e. The van der Waals surface area contributed by atoms with Gasteiger partial charge in [-0.25, -0.2) is 0 Å². The molecule has 0 unspecified atom stereocenters. The fourth-order valence-electron chi connectivity index (χ4n) is 1.47. The maximum Gasteiger partial charge on any atom is 0.236 e. The Morgan fingerprint density at radius 3 is 2.71 bits per heavy atom. The molecular formula is C9H19N3O2. The van der Waals surface area contributed by atoms with E-state index in [1.54, 1.807) is 0 Å². The van der Waals surface area contributed by atoms with Crippen LogP contribution in [0.2, 0.25) is 0 Å². The number of rotatable bonds is 4. The van der Waals surface area contributed by atoms with Gasteiger partial charge in [0.1, 0.15) is 0 Å². The van der Waals surface area contributed by atoms with Gasteiger partial charge in [0.25, 0.3) is 0 Å². The maximum absolute atomic E-state index is 11.7. The van der Waals surface area contributed by atoms with Gasteiger partial charge < -0.3 is 15.0 Å². The van der Waals surface area contributed by atoms with Gasteiger partial charge in [0.2, 0.25) is 5.91 Å². The van der Waals surface area contributed by atoms with Crippen LogP contribution in [0.1, 0.15) is 0 Å². The van der Waals surface area contributed by atoms with Crippen molar-refractivity contribution in [1.29, 1.82) is 0 Å². The molecule has 5 nitrogen and oxygen atoms in total. The van der Waals surface area contributed by atoms with Crippen molar-refractivity contribution >= 4 is 5.91 Å². The first-order valence-electron chi connectivity index (χ1n) is 4.92. The second kappa shape index (κ2) is 5.95. The number of likely N-dealkylation sites (N-methyl/N-ethyl adjacent to an activating group) is 1. The van der Waals surface area contributed by atoms with Gasteiger partial charge in [0, 0.05) is 19.8 Å². The number of morpholine rings is 1. The molecule has 0 saturated carbocycles. The van der Waals surface area contributed by atoms with Gasteiger partial charge in [-0.1, -0.05) is 0 Å². The summed E-state index contributed by atoms with van der Waals surface area (Å²) in [4.78, 5) is 15.5. The highest BCUT2D eigenvalue weighted by molar-refractivity contribution is 5.78. The van der Waals surface area contributed by atoms with Gasteiger partial charge in [-0.2, -0.15) is 0 Å². The third-order valence-electron chi connectivity index (χ3n) is 2.20. The molecule has 0 aromatic rings. The van der Waals surface area contributed by atoms with Crippen molar-refractivity contribution < 1.29 is 9.53 Å². The van der Waals surface area contributed by atoms with E-state index in [0.717, 1.165) is 19.8 Å². The molecule has 1 aliphatic heterocycles. The van der Waals surface area contributed by atoms with Crippen LogP contribution in [-0.2, 0) is 9.53 Å². The standard InChI is InChI=1S/C9H19N3O2/c1-10-8-11(2)7-9(13)12-3-5-14-6-4-12/h10H,3-8H2,1-2H3. The minimum absolute atomic E-state index is 0.186. The molecule has 0 aromatic heterocycles. The molecule has 0 aromatic carbocycles. The first kappa shape index (κ1) is 11.4. The smallest absolute Gasteiger partial charge is 0.236 e. The number of nitrogens with one attached hydrogen (secondary N) is 1. The normalized spacial score (nSPS) is 17.5. The van der Waals surface area contributed by atoms with Gasteiger partial charge >= 0.3 is 0 Å². The molecule has 1 aliphatic rings. The molecule has 1 rings (SSSR count). The zero-order chi connectivity index (χ0) is 10.4. The average Bonchev–Trinajstić information content (AvgIpc) is 2.19. The molecule has 1 saturated heterocycles. The molecule has 5 heteroatoms. The Labute approximate surface area is 85.0 Å². The molecule has 82 valence electrons. The van der Waals surface area contributed by atoms with Crippen LogP contribution in [0.5, 0.6) is 0 Å². The average molecular weight is 201 g/mol. The van der Waals surface area contributed by atoms with E-state index in [2.05, 4.69) is 5.32 Å². The van der Waals surface area contributed by atoms with Crippen molar-refractivity contribution in [2.45, 2.75) is 0 Å². The molecule has 1 N–H and O–H groups in total. The predicted molar refractivity (Wildman–Crippen MR) is 54.0 cm³/mol. The lowest BCUT2D eigenvalue weighted by Gasteiger charge is -2.28. The zero-order valence-electron chi connectivity index (χ0n) is 8.95. The third-order valence-corrected chi connectivity index (χ3v) is 2.20. The van der Waals surface area contributed by atoms with Gasteiger partial charge in [0.15, 0.2) is 0 Å². The molecule has 14 heavy (non-hydrogen) atoms. The highest BCUT2D eigenvalue weighted by Gasteiger charge is 2.17. The summed E-state index contributed by atoms with van der Waals surface area (Å²) in [7, 11) is 3.80. The summed E-state index contributed by atoms with van der Waals surface area (Å²) in [5.74, 6) is 0.186. The number of hydrogen-bond acceptors (Lipinski definition) is 4. The number of carbonyl (C=O) groups is 1. The lowest BCUT2D eigenvalue weighted by atomic mass is 10.4. The van der Waals surface area contributed by atoms with Crippen molar-refractivity contribution in [3.63, 3.8) is 0 Å². The van der Waals surface area contributed by atoms with Crippen molar-refractivity contribution in [2.75, 3.05) is 53.6 Å². The number of nitrogens with zero attached hydrogens (tertiary/aromatic N) is 2. The summed E-state index contributed by atoms with van der Waals surface area (Å²) in [5, 5.41) is 3.01. The summed E-state index contributed by atoms with van der Waals surface area (Å²) in [5.41, 5.74) is 0. The van der Waals surface area contributed by atoms with Crippen molar-refractivity contribution in [2.24, 2.45) is 0 Å². The molecule has 1 fully saturated rings. The monoisotopic (exact) mass is 201 g/mol. The van der Waals surface area contributed by atoms with Gasteiger partial charge in [-0.15, -0.1) is 0 Å². The van der Waals surface area contributed by atoms with Crippen LogP contribution in [-0.4, -0.2) is 69.3 Å². The molecule has 0 bridgehead atoms. The van der Waals surface area contributed by atoms with E-state index in [1.807, 2.05) is 23.9 Å². The van der Waals surface area contributed by atoms with E-state index in [9.17, 15) is 4.79 Å². The first-order chi connectivity index (χ1) is 6.74. The van der Waals surface area contributed by atoms with Crippen LogP contribution >= 0.6 is 0 Å². The molecule has 1 amide bonds. The van der Waals surface area contributed by atoms with Crippen LogP contribution in [0.3, 0.4) is 0 Å². The minimum atomic E-state index is 0.186. The van der Waals surface area contributed by atoms with Crippen LogP contribution in [0, 0.1) is 0 Å². The Balaban J connectivity index is 2.25. The second-order valence-corrected chi connectivity index (χ2v) is 3.52. The zero-order valence-corrected chi connectivity index (χ0v) is 8.95. The fourth-order valence-corrected chi connectivity index (χ4v) is 1.47. The predicted octanol–water partition coefficient (Wildman–Crippen LogP) is -1.05. The largest absolute Gasteiger partial charge is 0.378 e. The van der Waals surface area contributed by atoms with E-state index < -0.39 is 0 Å². The van der Waals surface area contributed by atoms with Gasteiger partial charge in [-0.05, 0) is 14.1 Å². The summed E-state index contributed by atoms with van der Waals surface area (Å²) in [6.07, 6.45) is 0. The van der Waals surface area contributed by atoms with Crippen LogP contribution in [0.15, 0.2) is 0 Å². The molecule has 0 spiro atoms. The number of carbonyl (C=O) groups excluding carboxylic acids is 1. The third kappa shape index (κ3) is 3.61. The van der Waals surface area contributed by atoms with Crippen LogP contribution < -0.4 is 5.32 Å². The van der Waals surface area contributed by atoms with E-state index in [0.29, 0.717) is 19.8 Å². The van der Waals surface area contributed by atoms with Crippen LogP contribution in [0.25, 0.3) is 0 Å². The Hall–Kier alpha value is -0.650. The molecule has 0 atom stereocenters. The van der Waals surface area contributed by atoms with Gasteiger partial charge in [0.05, 0.1) is 19.8 Å². The van der Waals surface area contributed by atoms with Crippen LogP contribution in [0.4, 0.5) is 0 Å². The molecule has 0 radical (unpaired) electrons. The summed E-state index contributed by atoms with van der Waals surface area (Å²) < 4.78 is 5.18. The van der Waals surface area contributed by atoms with Crippen molar-refractivity contribution in [3.05, 3.63) is 0 Å². The molecule has 1 heterocycles. The van der Waals surface area contributed by atoms with E-state index in [-0.39, 0.29) is 5.91 Å². The number of hydrogen-bond donors (Lipinski definition) is 1. The summed E-state index contributed by atoms with van der Waals surface area (Å²) in [6, 6.07) is 0. The SMILES string of the molecule is CNCN(C)CC(=O)N1CCOCC1. The Morgan fingerprint density at radius 1 is 1.50 bits per heavy atom. The van der Waals surface area contributed by atoms with Crippen molar-refractivity contribution in [1.82, 2.24) is 15.1 Å². The fraction of sp³-hybridized carbons (Fsp3) is 0.889. The van der Waals surface area contributed by atoms with E-state index in [4.69, 9.17) is 4.74 Å². The summed E-state index contributed by atoms with van der Waals surface area (Å²) in [6.45, 7) is 4.00. The highest BCUT2D eigenvalue weighted by Crippen LogP contribution is 1.98. The number of ether oxygens (including phenoxy) is 1. The van der Waals surface area contributed by atoms with E-state index in [1.165, 1.54) is 0 Å².